The van der Waals surface area contributed by atoms with Crippen LogP contribution in [-0.2, 0) is 19.1 Å². The smallest absolute Gasteiger partial charge is 0.311 e. The first-order valence-electron chi connectivity index (χ1n) is 9.62. The van der Waals surface area contributed by atoms with E-state index in [2.05, 4.69) is 45.7 Å². The molecule has 26 heavy (non-hydrogen) atoms. The minimum absolute atomic E-state index is 0.0111. The fraction of sp³-hybridized carbons (Fsp3) is 0.900. The van der Waals surface area contributed by atoms with Gasteiger partial charge in [0.15, 0.2) is 0 Å². The van der Waals surface area contributed by atoms with Gasteiger partial charge >= 0.3 is 11.9 Å². The number of carbonyl (C=O) groups is 2. The second-order valence-electron chi connectivity index (χ2n) is 10.4. The number of ether oxygens (including phenoxy) is 2. The van der Waals surface area contributed by atoms with Crippen LogP contribution in [0.2, 0.25) is 19.6 Å². The van der Waals surface area contributed by atoms with Crippen molar-refractivity contribution in [2.45, 2.75) is 86.5 Å². The maximum atomic E-state index is 12.7. The third kappa shape index (κ3) is 9.71. The molecule has 0 aromatic heterocycles. The van der Waals surface area contributed by atoms with Crippen molar-refractivity contribution in [1.29, 1.82) is 0 Å². The van der Waals surface area contributed by atoms with Crippen LogP contribution in [0.1, 0.15) is 61.3 Å². The van der Waals surface area contributed by atoms with Crippen LogP contribution in [0.15, 0.2) is 0 Å². The molecule has 1 unspecified atom stereocenters. The maximum Gasteiger partial charge on any atom is 0.311 e. The molecule has 0 rings (SSSR count). The van der Waals surface area contributed by atoms with Crippen LogP contribution >= 0.6 is 0 Å². The summed E-state index contributed by atoms with van der Waals surface area (Å²) >= 11 is 0. The Bertz CT molecular complexity index is 477. The van der Waals surface area contributed by atoms with Crippen molar-refractivity contribution in [2.24, 2.45) is 10.8 Å². The monoisotopic (exact) mass is 387 g/mol. The molecule has 5 nitrogen and oxygen atoms in total. The predicted molar refractivity (Wildman–Crippen MR) is 110 cm³/mol. The molecule has 0 aliphatic carbocycles. The van der Waals surface area contributed by atoms with Gasteiger partial charge in [-0.2, -0.15) is 0 Å². The molecule has 1 N–H and O–H groups in total. The van der Waals surface area contributed by atoms with E-state index in [1.54, 1.807) is 0 Å². The molecule has 0 bridgehead atoms. The molecule has 0 amide bonds. The van der Waals surface area contributed by atoms with Crippen molar-refractivity contribution in [1.82, 2.24) is 5.32 Å². The summed E-state index contributed by atoms with van der Waals surface area (Å²) in [5.41, 5.74) is -1.45. The van der Waals surface area contributed by atoms with E-state index in [1.807, 2.05) is 27.7 Å². The van der Waals surface area contributed by atoms with Gasteiger partial charge < -0.3 is 14.8 Å². The van der Waals surface area contributed by atoms with E-state index < -0.39 is 18.9 Å². The molecule has 0 radical (unpaired) electrons. The average Bonchev–Trinajstić information content (AvgIpc) is 2.46. The fourth-order valence-electron chi connectivity index (χ4n) is 2.61. The SMILES string of the molecule is CCC(C)(CC(C)(C)C(=O)OCCNC(C)(C)C)C(=O)OC[Si](C)(C)C. The van der Waals surface area contributed by atoms with Gasteiger partial charge in [0.25, 0.3) is 0 Å². The highest BCUT2D eigenvalue weighted by Gasteiger charge is 2.43. The Balaban J connectivity index is 4.78. The van der Waals surface area contributed by atoms with E-state index in [4.69, 9.17) is 9.47 Å². The van der Waals surface area contributed by atoms with E-state index in [0.29, 0.717) is 32.2 Å². The standard InChI is InChI=1S/C20H41NO4Si/c1-11-20(7,17(23)25-15-26(8,9)10)14-19(5,6)16(22)24-13-12-21-18(2,3)4/h21H,11-15H2,1-10H3. The minimum Gasteiger partial charge on any atom is -0.469 e. The van der Waals surface area contributed by atoms with Crippen LogP contribution in [0.25, 0.3) is 0 Å². The predicted octanol–water partition coefficient (Wildman–Crippen LogP) is 4.17. The molecule has 1 atom stereocenters. The van der Waals surface area contributed by atoms with Gasteiger partial charge in [0.05, 0.1) is 25.1 Å². The van der Waals surface area contributed by atoms with Crippen molar-refractivity contribution in [3.05, 3.63) is 0 Å². The van der Waals surface area contributed by atoms with Gasteiger partial charge in [-0.15, -0.1) is 0 Å². The Morgan fingerprint density at radius 3 is 1.88 bits per heavy atom. The van der Waals surface area contributed by atoms with Crippen LogP contribution in [0, 0.1) is 10.8 Å². The lowest BCUT2D eigenvalue weighted by molar-refractivity contribution is -0.162. The number of nitrogens with one attached hydrogen (secondary N) is 1. The number of rotatable bonds is 10. The first-order chi connectivity index (χ1) is 11.5. The Labute approximate surface area is 161 Å². The first-order valence-corrected chi connectivity index (χ1v) is 13.3. The lowest BCUT2D eigenvalue weighted by Gasteiger charge is -2.34. The molecule has 0 aliphatic heterocycles. The third-order valence-electron chi connectivity index (χ3n) is 4.28. The zero-order valence-electron chi connectivity index (χ0n) is 18.7. The summed E-state index contributed by atoms with van der Waals surface area (Å²) in [6.45, 7) is 21.1. The van der Waals surface area contributed by atoms with Crippen LogP contribution in [0.4, 0.5) is 0 Å². The molecular weight excluding hydrogens is 346 g/mol. The summed E-state index contributed by atoms with van der Waals surface area (Å²) in [6, 6.07) is 0. The highest BCUT2D eigenvalue weighted by atomic mass is 28.3. The lowest BCUT2D eigenvalue weighted by atomic mass is 9.72. The molecule has 0 saturated heterocycles. The van der Waals surface area contributed by atoms with E-state index >= 15 is 0 Å². The van der Waals surface area contributed by atoms with Crippen molar-refractivity contribution < 1.29 is 19.1 Å². The lowest BCUT2D eigenvalue weighted by Crippen LogP contribution is -2.42. The van der Waals surface area contributed by atoms with Crippen LogP contribution < -0.4 is 5.32 Å². The Morgan fingerprint density at radius 2 is 1.46 bits per heavy atom. The summed E-state index contributed by atoms with van der Waals surface area (Å²) in [5.74, 6) is -0.483. The highest BCUT2D eigenvalue weighted by molar-refractivity contribution is 6.76. The van der Waals surface area contributed by atoms with Gasteiger partial charge in [0.1, 0.15) is 6.61 Å². The largest absolute Gasteiger partial charge is 0.469 e. The zero-order chi connectivity index (χ0) is 20.8. The minimum atomic E-state index is -1.47. The summed E-state index contributed by atoms with van der Waals surface area (Å²) < 4.78 is 11.0. The van der Waals surface area contributed by atoms with Crippen molar-refractivity contribution in [3.8, 4) is 0 Å². The Morgan fingerprint density at radius 1 is 0.923 bits per heavy atom. The van der Waals surface area contributed by atoms with Crippen LogP contribution in [0.5, 0.6) is 0 Å². The van der Waals surface area contributed by atoms with E-state index in [9.17, 15) is 9.59 Å². The summed E-state index contributed by atoms with van der Waals surface area (Å²) in [5, 5.41) is 3.29. The molecule has 0 saturated carbocycles. The van der Waals surface area contributed by atoms with E-state index in [-0.39, 0.29) is 17.5 Å². The summed E-state index contributed by atoms with van der Waals surface area (Å²) in [7, 11) is -1.47. The second kappa shape index (κ2) is 9.35. The Hall–Kier alpha value is -0.883. The summed E-state index contributed by atoms with van der Waals surface area (Å²) in [6.07, 6.45) is 1.54. The van der Waals surface area contributed by atoms with Gasteiger partial charge in [-0.05, 0) is 54.4 Å². The number of hydrogen-bond donors (Lipinski definition) is 1. The molecule has 0 aromatic rings. The highest BCUT2D eigenvalue weighted by Crippen LogP contribution is 2.38. The van der Waals surface area contributed by atoms with Gasteiger partial charge in [-0.25, -0.2) is 0 Å². The fourth-order valence-corrected chi connectivity index (χ4v) is 3.17. The molecule has 0 spiro atoms. The van der Waals surface area contributed by atoms with Gasteiger partial charge in [0.2, 0.25) is 0 Å². The molecule has 0 heterocycles. The zero-order valence-corrected chi connectivity index (χ0v) is 19.7. The van der Waals surface area contributed by atoms with Crippen LogP contribution in [0.3, 0.4) is 0 Å². The van der Waals surface area contributed by atoms with Crippen molar-refractivity contribution in [3.63, 3.8) is 0 Å². The number of carbonyl (C=O) groups excluding carboxylic acids is 2. The average molecular weight is 388 g/mol. The molecular formula is C20H41NO4Si. The molecule has 0 fully saturated rings. The topological polar surface area (TPSA) is 64.6 Å². The second-order valence-corrected chi connectivity index (χ2v) is 15.8. The van der Waals surface area contributed by atoms with E-state index in [1.165, 1.54) is 0 Å². The molecule has 6 heteroatoms. The molecule has 0 aromatic carbocycles. The van der Waals surface area contributed by atoms with Crippen molar-refractivity contribution in [2.75, 3.05) is 19.4 Å². The summed E-state index contributed by atoms with van der Waals surface area (Å²) in [4.78, 5) is 25.2. The number of esters is 2. The molecule has 154 valence electrons. The third-order valence-corrected chi connectivity index (χ3v) is 5.30. The normalized spacial score (nSPS) is 15.3. The van der Waals surface area contributed by atoms with E-state index in [0.717, 1.165) is 0 Å². The quantitative estimate of drug-likeness (QED) is 0.346. The Kier molecular flexibility index (Phi) is 9.04. The first kappa shape index (κ1) is 25.1. The van der Waals surface area contributed by atoms with Crippen molar-refractivity contribution >= 4 is 20.0 Å². The van der Waals surface area contributed by atoms with Gasteiger partial charge in [-0.1, -0.05) is 26.6 Å². The maximum absolute atomic E-state index is 12.7. The molecule has 0 aliphatic rings. The van der Waals surface area contributed by atoms with Gasteiger partial charge in [0, 0.05) is 12.1 Å². The van der Waals surface area contributed by atoms with Crippen LogP contribution in [-0.4, -0.2) is 44.9 Å². The van der Waals surface area contributed by atoms with Gasteiger partial charge in [-0.3, -0.25) is 9.59 Å². The number of hydrogen-bond acceptors (Lipinski definition) is 5.